The molecule has 30 heavy (non-hydrogen) atoms. The topological polar surface area (TPSA) is 110 Å². The van der Waals surface area contributed by atoms with E-state index in [1.54, 1.807) is 18.9 Å². The summed E-state index contributed by atoms with van der Waals surface area (Å²) in [6.07, 6.45) is 0. The summed E-state index contributed by atoms with van der Waals surface area (Å²) in [7, 11) is 5.62. The van der Waals surface area contributed by atoms with Crippen LogP contribution in [0.25, 0.3) is 0 Å². The van der Waals surface area contributed by atoms with Gasteiger partial charge in [-0.2, -0.15) is 10.2 Å². The van der Waals surface area contributed by atoms with Gasteiger partial charge in [0.1, 0.15) is 28.9 Å². The summed E-state index contributed by atoms with van der Waals surface area (Å²) in [5, 5.41) is 9.27. The molecular formula is C22H21N5O2S. The molecule has 4 rings (SSSR count). The minimum absolute atomic E-state index is 0.0600. The lowest BCUT2D eigenvalue weighted by atomic mass is 9.98. The fourth-order valence-corrected chi connectivity index (χ4v) is 4.58. The lowest BCUT2D eigenvalue weighted by molar-refractivity contribution is 0.408. The van der Waals surface area contributed by atoms with Gasteiger partial charge < -0.3 is 25.8 Å². The molecule has 1 aliphatic rings. The highest BCUT2D eigenvalue weighted by molar-refractivity contribution is 7.99. The summed E-state index contributed by atoms with van der Waals surface area (Å²) >= 11 is 1.60. The van der Waals surface area contributed by atoms with Gasteiger partial charge in [0.25, 0.3) is 0 Å². The number of nitriles is 1. The highest BCUT2D eigenvalue weighted by Gasteiger charge is 2.34. The number of rotatable bonds is 4. The zero-order valence-electron chi connectivity index (χ0n) is 16.8. The first-order valence-electron chi connectivity index (χ1n) is 9.21. The zero-order valence-corrected chi connectivity index (χ0v) is 17.7. The van der Waals surface area contributed by atoms with Crippen molar-refractivity contribution in [2.45, 2.75) is 10.1 Å². The second-order valence-corrected chi connectivity index (χ2v) is 8.19. The monoisotopic (exact) mass is 419 g/mol. The van der Waals surface area contributed by atoms with Gasteiger partial charge in [0.15, 0.2) is 0 Å². The molecule has 0 saturated heterocycles. The van der Waals surface area contributed by atoms with Crippen molar-refractivity contribution >= 4 is 29.0 Å². The molecule has 0 spiro atoms. The summed E-state index contributed by atoms with van der Waals surface area (Å²) in [4.78, 5) is 7.41. The Morgan fingerprint density at radius 2 is 1.90 bits per heavy atom. The maximum atomic E-state index is 9.51. The molecule has 2 heterocycles. The molecular weight excluding hydrogens is 398 g/mol. The first-order valence-corrected chi connectivity index (χ1v) is 10.1. The zero-order chi connectivity index (χ0) is 21.4. The molecule has 8 heteroatoms. The van der Waals surface area contributed by atoms with E-state index in [0.717, 1.165) is 16.1 Å². The number of aromatic nitrogens is 1. The van der Waals surface area contributed by atoms with E-state index in [0.29, 0.717) is 22.9 Å². The third kappa shape index (κ3) is 3.33. The Morgan fingerprint density at radius 1 is 1.17 bits per heavy atom. The fraction of sp³-hybridized carbons (Fsp3) is 0.182. The number of hydrogen-bond donors (Lipinski definition) is 2. The third-order valence-electron chi connectivity index (χ3n) is 4.96. The van der Waals surface area contributed by atoms with E-state index < -0.39 is 0 Å². The lowest BCUT2D eigenvalue weighted by Crippen LogP contribution is -2.15. The normalized spacial score (nSPS) is 14.1. The van der Waals surface area contributed by atoms with Gasteiger partial charge in [0, 0.05) is 30.2 Å². The van der Waals surface area contributed by atoms with Gasteiger partial charge in [-0.3, -0.25) is 0 Å². The van der Waals surface area contributed by atoms with Crippen molar-refractivity contribution in [2.24, 2.45) is 0 Å². The van der Waals surface area contributed by atoms with Crippen LogP contribution in [-0.4, -0.2) is 26.2 Å². The Labute approximate surface area is 179 Å². The van der Waals surface area contributed by atoms with E-state index in [9.17, 15) is 5.26 Å². The van der Waals surface area contributed by atoms with Crippen LogP contribution in [0, 0.1) is 11.3 Å². The number of thioether (sulfide) groups is 1. The number of nitrogens with two attached hydrogens (primary N) is 2. The molecule has 0 aliphatic carbocycles. The van der Waals surface area contributed by atoms with Crippen LogP contribution < -0.4 is 25.8 Å². The molecule has 7 nitrogen and oxygen atoms in total. The van der Waals surface area contributed by atoms with E-state index in [1.165, 1.54) is 0 Å². The molecule has 3 aromatic rings. The van der Waals surface area contributed by atoms with Gasteiger partial charge in [-0.1, -0.05) is 0 Å². The minimum atomic E-state index is -0.246. The highest BCUT2D eigenvalue weighted by Crippen LogP contribution is 2.54. The number of benzene rings is 2. The Kier molecular flexibility index (Phi) is 5.06. The molecule has 1 aliphatic heterocycles. The molecule has 1 atom stereocenters. The van der Waals surface area contributed by atoms with Crippen LogP contribution in [0.3, 0.4) is 0 Å². The molecule has 152 valence electrons. The van der Waals surface area contributed by atoms with Crippen molar-refractivity contribution in [2.75, 3.05) is 37.6 Å². The number of ether oxygens (including phenoxy) is 2. The van der Waals surface area contributed by atoms with Crippen molar-refractivity contribution in [3.63, 3.8) is 0 Å². The van der Waals surface area contributed by atoms with Gasteiger partial charge >= 0.3 is 0 Å². The number of anilines is 3. The molecule has 0 fully saturated rings. The molecule has 0 saturated carbocycles. The highest BCUT2D eigenvalue weighted by atomic mass is 32.2. The van der Waals surface area contributed by atoms with Crippen LogP contribution >= 0.6 is 11.8 Å². The molecule has 0 bridgehead atoms. The average molecular weight is 420 g/mol. The lowest BCUT2D eigenvalue weighted by Gasteiger charge is -2.29. The van der Waals surface area contributed by atoms with Crippen LogP contribution in [0.4, 0.5) is 17.2 Å². The minimum Gasteiger partial charge on any atom is -0.497 e. The summed E-state index contributed by atoms with van der Waals surface area (Å²) in [5.41, 5.74) is 15.4. The standard InChI is InChI=1S/C22H21N5O2S/c1-27(2)12-4-7-14(8-5-12)30-20-15-10-13(28-3)6-9-17(15)29-22-18(20)19(24)16(11-23)21(25)26-22/h4-10,20H,1-3H3,(H4,24,25,26). The third-order valence-corrected chi connectivity index (χ3v) is 6.22. The number of fused-ring (bicyclic) bond motifs is 2. The van der Waals surface area contributed by atoms with Crippen LogP contribution in [0.2, 0.25) is 0 Å². The quantitative estimate of drug-likeness (QED) is 0.648. The van der Waals surface area contributed by atoms with E-state index in [-0.39, 0.29) is 22.3 Å². The first kappa shape index (κ1) is 19.7. The SMILES string of the molecule is COc1ccc2c(c1)C(Sc1ccc(N(C)C)cc1)c1c(nc(N)c(C#N)c1N)O2. The number of hydrogen-bond acceptors (Lipinski definition) is 8. The molecule has 1 aromatic heterocycles. The summed E-state index contributed by atoms with van der Waals surface area (Å²) in [5.74, 6) is 1.74. The Bertz CT molecular complexity index is 1160. The molecule has 4 N–H and O–H groups in total. The summed E-state index contributed by atoms with van der Waals surface area (Å²) < 4.78 is 11.4. The maximum absolute atomic E-state index is 9.51. The van der Waals surface area contributed by atoms with E-state index in [1.807, 2.05) is 37.2 Å². The van der Waals surface area contributed by atoms with Crippen molar-refractivity contribution in [3.8, 4) is 23.4 Å². The Morgan fingerprint density at radius 3 is 2.53 bits per heavy atom. The van der Waals surface area contributed by atoms with Gasteiger partial charge in [-0.15, -0.1) is 11.8 Å². The summed E-state index contributed by atoms with van der Waals surface area (Å²) in [6, 6.07) is 15.9. The first-order chi connectivity index (χ1) is 14.4. The largest absolute Gasteiger partial charge is 0.497 e. The number of nitrogen functional groups attached to an aromatic ring is 2. The molecule has 0 radical (unpaired) electrons. The molecule has 1 unspecified atom stereocenters. The fourth-order valence-electron chi connectivity index (χ4n) is 3.35. The van der Waals surface area contributed by atoms with E-state index in [2.05, 4.69) is 35.3 Å². The van der Waals surface area contributed by atoms with Crippen LogP contribution in [-0.2, 0) is 0 Å². The number of methoxy groups -OCH3 is 1. The summed E-state index contributed by atoms with van der Waals surface area (Å²) in [6.45, 7) is 0. The van der Waals surface area contributed by atoms with E-state index >= 15 is 0 Å². The van der Waals surface area contributed by atoms with Crippen LogP contribution in [0.5, 0.6) is 17.4 Å². The second kappa shape index (κ2) is 7.69. The maximum Gasteiger partial charge on any atom is 0.228 e. The van der Waals surface area contributed by atoms with E-state index in [4.69, 9.17) is 20.9 Å². The van der Waals surface area contributed by atoms with Crippen LogP contribution in [0.1, 0.15) is 21.9 Å². The van der Waals surface area contributed by atoms with Crippen molar-refractivity contribution < 1.29 is 9.47 Å². The van der Waals surface area contributed by atoms with Crippen molar-refractivity contribution in [3.05, 3.63) is 59.2 Å². The van der Waals surface area contributed by atoms with Crippen molar-refractivity contribution in [1.82, 2.24) is 4.98 Å². The second-order valence-electron chi connectivity index (χ2n) is 7.01. The predicted octanol–water partition coefficient (Wildman–Crippen LogP) is 4.18. The van der Waals surface area contributed by atoms with Crippen molar-refractivity contribution in [1.29, 1.82) is 5.26 Å². The smallest absolute Gasteiger partial charge is 0.228 e. The number of nitrogens with zero attached hydrogens (tertiary/aromatic N) is 3. The van der Waals surface area contributed by atoms with Crippen LogP contribution in [0.15, 0.2) is 47.4 Å². The van der Waals surface area contributed by atoms with Gasteiger partial charge in [0.2, 0.25) is 5.88 Å². The predicted molar refractivity (Wildman–Crippen MR) is 119 cm³/mol. The van der Waals surface area contributed by atoms with Gasteiger partial charge in [-0.05, 0) is 42.5 Å². The number of pyridine rings is 1. The Balaban J connectivity index is 1.86. The molecule has 2 aromatic carbocycles. The average Bonchev–Trinajstić information content (AvgIpc) is 2.73. The van der Waals surface area contributed by atoms with Gasteiger partial charge in [-0.25, -0.2) is 0 Å². The Hall–Kier alpha value is -3.57. The molecule has 0 amide bonds. The van der Waals surface area contributed by atoms with Gasteiger partial charge in [0.05, 0.1) is 23.6 Å².